The van der Waals surface area contributed by atoms with Gasteiger partial charge in [-0.15, -0.1) is 13.2 Å². The standard InChI is InChI=1S/C14H16F6N2O2/c15-11-2-1-9(24-14(18,19)20)7-10(11)12(13(16,17)8-23)22-5-3-21-4-6-22/h1-2,7,12,21,23H,3-6,8H2/t12-/m0/s1. The lowest BCUT2D eigenvalue weighted by Crippen LogP contribution is -2.51. The van der Waals surface area contributed by atoms with E-state index in [0.29, 0.717) is 31.3 Å². The number of benzene rings is 1. The van der Waals surface area contributed by atoms with E-state index < -0.39 is 42.1 Å². The number of rotatable bonds is 5. The van der Waals surface area contributed by atoms with Gasteiger partial charge in [0, 0.05) is 31.7 Å². The Balaban J connectivity index is 2.42. The Morgan fingerprint density at radius 2 is 1.79 bits per heavy atom. The van der Waals surface area contributed by atoms with Crippen LogP contribution in [0.2, 0.25) is 0 Å². The van der Waals surface area contributed by atoms with E-state index in [-0.39, 0.29) is 13.1 Å². The lowest BCUT2D eigenvalue weighted by molar-refractivity contribution is -0.274. The average Bonchev–Trinajstić information content (AvgIpc) is 2.50. The van der Waals surface area contributed by atoms with Crippen molar-refractivity contribution in [1.29, 1.82) is 0 Å². The van der Waals surface area contributed by atoms with Crippen molar-refractivity contribution in [2.45, 2.75) is 18.3 Å². The van der Waals surface area contributed by atoms with Crippen molar-refractivity contribution < 1.29 is 36.2 Å². The quantitative estimate of drug-likeness (QED) is 0.793. The van der Waals surface area contributed by atoms with E-state index in [1.54, 1.807) is 0 Å². The van der Waals surface area contributed by atoms with Gasteiger partial charge in [0.2, 0.25) is 0 Å². The minimum absolute atomic E-state index is 0.129. The maximum Gasteiger partial charge on any atom is 0.573 e. The van der Waals surface area contributed by atoms with Crippen LogP contribution in [0.25, 0.3) is 0 Å². The summed E-state index contributed by atoms with van der Waals surface area (Å²) in [5, 5.41) is 11.9. The molecule has 0 unspecified atom stereocenters. The molecule has 1 saturated heterocycles. The fourth-order valence-electron chi connectivity index (χ4n) is 2.65. The van der Waals surface area contributed by atoms with Crippen molar-refractivity contribution in [3.63, 3.8) is 0 Å². The first-order valence-electron chi connectivity index (χ1n) is 7.13. The molecule has 1 atom stereocenters. The second kappa shape index (κ2) is 7.16. The zero-order chi connectivity index (χ0) is 18.0. The highest BCUT2D eigenvalue weighted by molar-refractivity contribution is 5.33. The third-order valence-corrected chi connectivity index (χ3v) is 3.62. The Hall–Kier alpha value is -1.52. The molecule has 24 heavy (non-hydrogen) atoms. The summed E-state index contributed by atoms with van der Waals surface area (Å²) in [5.74, 6) is -5.64. The van der Waals surface area contributed by atoms with Crippen LogP contribution in [0.15, 0.2) is 18.2 Å². The van der Waals surface area contributed by atoms with Gasteiger partial charge in [-0.1, -0.05) is 0 Å². The van der Waals surface area contributed by atoms with Gasteiger partial charge in [-0.3, -0.25) is 4.90 Å². The monoisotopic (exact) mass is 358 g/mol. The first kappa shape index (κ1) is 18.8. The molecule has 1 aromatic rings. The minimum atomic E-state index is -5.03. The number of halogens is 6. The Morgan fingerprint density at radius 3 is 2.33 bits per heavy atom. The van der Waals surface area contributed by atoms with Crippen LogP contribution in [-0.4, -0.2) is 55.1 Å². The Kier molecular flexibility index (Phi) is 5.61. The highest BCUT2D eigenvalue weighted by Gasteiger charge is 2.45. The zero-order valence-electron chi connectivity index (χ0n) is 12.4. The maximum absolute atomic E-state index is 14.2. The molecule has 2 N–H and O–H groups in total. The van der Waals surface area contributed by atoms with Gasteiger partial charge in [0.25, 0.3) is 5.92 Å². The van der Waals surface area contributed by atoms with E-state index >= 15 is 0 Å². The van der Waals surface area contributed by atoms with Crippen LogP contribution in [0.3, 0.4) is 0 Å². The third-order valence-electron chi connectivity index (χ3n) is 3.62. The summed E-state index contributed by atoms with van der Waals surface area (Å²) < 4.78 is 83.1. The van der Waals surface area contributed by atoms with Crippen molar-refractivity contribution in [1.82, 2.24) is 10.2 Å². The van der Waals surface area contributed by atoms with Crippen molar-refractivity contribution in [2.24, 2.45) is 0 Å². The molecule has 1 aromatic carbocycles. The Morgan fingerprint density at radius 1 is 1.17 bits per heavy atom. The second-order valence-corrected chi connectivity index (χ2v) is 5.34. The molecule has 136 valence electrons. The molecule has 0 bridgehead atoms. The van der Waals surface area contributed by atoms with E-state index in [4.69, 9.17) is 5.11 Å². The van der Waals surface area contributed by atoms with Gasteiger partial charge >= 0.3 is 6.36 Å². The molecule has 2 rings (SSSR count). The number of ether oxygens (including phenoxy) is 1. The van der Waals surface area contributed by atoms with Crippen LogP contribution >= 0.6 is 0 Å². The number of hydrogen-bond acceptors (Lipinski definition) is 4. The number of nitrogens with one attached hydrogen (secondary N) is 1. The van der Waals surface area contributed by atoms with Gasteiger partial charge in [-0.25, -0.2) is 13.2 Å². The highest BCUT2D eigenvalue weighted by Crippen LogP contribution is 2.39. The van der Waals surface area contributed by atoms with Crippen LogP contribution in [0.1, 0.15) is 11.6 Å². The van der Waals surface area contributed by atoms with Gasteiger partial charge in [-0.05, 0) is 18.2 Å². The first-order chi connectivity index (χ1) is 11.1. The molecule has 4 nitrogen and oxygen atoms in total. The van der Waals surface area contributed by atoms with Crippen LogP contribution in [-0.2, 0) is 0 Å². The van der Waals surface area contributed by atoms with Gasteiger partial charge in [-0.2, -0.15) is 0 Å². The summed E-state index contributed by atoms with van der Waals surface area (Å²) in [6, 6.07) is 0.0394. The molecule has 1 heterocycles. The Bertz CT molecular complexity index is 561. The predicted octanol–water partition coefficient (Wildman–Crippen LogP) is 2.30. The molecule has 1 aliphatic heterocycles. The molecule has 0 spiro atoms. The molecular formula is C14H16F6N2O2. The van der Waals surface area contributed by atoms with Crippen molar-refractivity contribution >= 4 is 0 Å². The second-order valence-electron chi connectivity index (χ2n) is 5.34. The number of piperazine rings is 1. The fourth-order valence-corrected chi connectivity index (χ4v) is 2.65. The van der Waals surface area contributed by atoms with Crippen LogP contribution < -0.4 is 10.1 Å². The SMILES string of the molecule is OCC(F)(F)[C@H](c1cc(OC(F)(F)F)ccc1F)N1CCNCC1. The lowest BCUT2D eigenvalue weighted by Gasteiger charge is -2.38. The van der Waals surface area contributed by atoms with Crippen molar-refractivity contribution in [3.05, 3.63) is 29.6 Å². The molecule has 0 amide bonds. The first-order valence-corrected chi connectivity index (χ1v) is 7.13. The van der Waals surface area contributed by atoms with Crippen molar-refractivity contribution in [2.75, 3.05) is 32.8 Å². The van der Waals surface area contributed by atoms with E-state index in [9.17, 15) is 26.3 Å². The highest BCUT2D eigenvalue weighted by atomic mass is 19.4. The van der Waals surface area contributed by atoms with Gasteiger partial charge in [0.1, 0.15) is 24.2 Å². The molecule has 0 radical (unpaired) electrons. The fraction of sp³-hybridized carbons (Fsp3) is 0.571. The summed E-state index contributed by atoms with van der Waals surface area (Å²) in [5.41, 5.74) is -0.655. The average molecular weight is 358 g/mol. The lowest BCUT2D eigenvalue weighted by atomic mass is 9.97. The van der Waals surface area contributed by atoms with Gasteiger partial charge < -0.3 is 15.2 Å². The zero-order valence-corrected chi connectivity index (χ0v) is 12.4. The van der Waals surface area contributed by atoms with E-state index in [1.165, 1.54) is 4.90 Å². The number of nitrogens with zero attached hydrogens (tertiary/aromatic N) is 1. The van der Waals surface area contributed by atoms with E-state index in [2.05, 4.69) is 10.1 Å². The number of hydrogen-bond donors (Lipinski definition) is 2. The molecule has 1 fully saturated rings. The molecule has 1 aliphatic rings. The Labute approximate surface area is 134 Å². The van der Waals surface area contributed by atoms with Gasteiger partial charge in [0.05, 0.1) is 0 Å². The topological polar surface area (TPSA) is 44.7 Å². The largest absolute Gasteiger partial charge is 0.573 e. The van der Waals surface area contributed by atoms with Gasteiger partial charge in [0.15, 0.2) is 0 Å². The molecule has 0 aromatic heterocycles. The number of aliphatic hydroxyl groups is 1. The summed E-state index contributed by atoms with van der Waals surface area (Å²) >= 11 is 0. The smallest absolute Gasteiger partial charge is 0.406 e. The summed E-state index contributed by atoms with van der Waals surface area (Å²) in [6.45, 7) is -0.587. The van der Waals surface area contributed by atoms with E-state index in [1.807, 2.05) is 0 Å². The van der Waals surface area contributed by atoms with Crippen molar-refractivity contribution in [3.8, 4) is 5.75 Å². The van der Waals surface area contributed by atoms with Crippen LogP contribution in [0, 0.1) is 5.82 Å². The van der Waals surface area contributed by atoms with Crippen LogP contribution in [0.4, 0.5) is 26.3 Å². The molecule has 0 aliphatic carbocycles. The summed E-state index contributed by atoms with van der Waals surface area (Å²) in [7, 11) is 0. The summed E-state index contributed by atoms with van der Waals surface area (Å²) in [4.78, 5) is 1.22. The third kappa shape index (κ3) is 4.52. The van der Waals surface area contributed by atoms with E-state index in [0.717, 1.165) is 0 Å². The summed E-state index contributed by atoms with van der Waals surface area (Å²) in [6.07, 6.45) is -5.03. The number of aliphatic hydroxyl groups excluding tert-OH is 1. The molecular weight excluding hydrogens is 342 g/mol. The normalized spacial score (nSPS) is 18.5. The predicted molar refractivity (Wildman–Crippen MR) is 72.3 cm³/mol. The molecule has 0 saturated carbocycles. The maximum atomic E-state index is 14.2. The minimum Gasteiger partial charge on any atom is -0.406 e. The van der Waals surface area contributed by atoms with Crippen LogP contribution in [0.5, 0.6) is 5.75 Å². The molecule has 10 heteroatoms. The number of alkyl halides is 5.